The highest BCUT2D eigenvalue weighted by Gasteiger charge is 2.33. The van der Waals surface area contributed by atoms with Gasteiger partial charge in [-0.25, -0.2) is 4.79 Å². The van der Waals surface area contributed by atoms with Crippen molar-refractivity contribution >= 4 is 40.9 Å². The zero-order valence-electron chi connectivity index (χ0n) is 12.7. The van der Waals surface area contributed by atoms with Crippen molar-refractivity contribution in [3.05, 3.63) is 22.8 Å². The molecule has 1 N–H and O–H groups in total. The highest BCUT2D eigenvalue weighted by molar-refractivity contribution is 8.00. The zero-order valence-corrected chi connectivity index (χ0v) is 14.2. The van der Waals surface area contributed by atoms with E-state index in [0.717, 1.165) is 33.3 Å². The number of carbonyl (C=O) groups is 2. The number of alkyl halides is 3. The summed E-state index contributed by atoms with van der Waals surface area (Å²) in [6.45, 7) is 2.14. The maximum absolute atomic E-state index is 12.9. The number of carbonyl (C=O) groups excluding carboxylic acids is 2. The van der Waals surface area contributed by atoms with Crippen LogP contribution in [0.15, 0.2) is 17.4 Å². The summed E-state index contributed by atoms with van der Waals surface area (Å²) in [7, 11) is 0. The lowest BCUT2D eigenvalue weighted by Gasteiger charge is -2.16. The van der Waals surface area contributed by atoms with E-state index in [1.165, 1.54) is 6.92 Å². The number of halogens is 4. The van der Waals surface area contributed by atoms with Gasteiger partial charge in [-0.2, -0.15) is 13.2 Å². The fourth-order valence-electron chi connectivity index (χ4n) is 2.28. The Kier molecular flexibility index (Phi) is 4.54. The maximum Gasteiger partial charge on any atom is 0.417 e. The van der Waals surface area contributed by atoms with Crippen LogP contribution in [0.25, 0.3) is 5.65 Å². The van der Waals surface area contributed by atoms with Gasteiger partial charge in [0.25, 0.3) is 0 Å². The van der Waals surface area contributed by atoms with E-state index in [2.05, 4.69) is 15.5 Å². The highest BCUT2D eigenvalue weighted by atomic mass is 35.5. The van der Waals surface area contributed by atoms with Crippen molar-refractivity contribution in [1.82, 2.24) is 24.8 Å². The van der Waals surface area contributed by atoms with Crippen molar-refractivity contribution in [3.8, 4) is 0 Å². The molecule has 1 aliphatic heterocycles. The molecule has 12 heteroatoms. The van der Waals surface area contributed by atoms with Crippen LogP contribution in [0.5, 0.6) is 0 Å². The lowest BCUT2D eigenvalue weighted by molar-refractivity contribution is -0.138. The molecule has 7 nitrogen and oxygen atoms in total. The van der Waals surface area contributed by atoms with Crippen LogP contribution in [0.2, 0.25) is 5.02 Å². The number of urea groups is 1. The Morgan fingerprint density at radius 1 is 1.44 bits per heavy atom. The molecule has 25 heavy (non-hydrogen) atoms. The fourth-order valence-corrected chi connectivity index (χ4v) is 3.41. The normalized spacial score (nSPS) is 16.4. The second kappa shape index (κ2) is 6.37. The Labute approximate surface area is 148 Å². The number of rotatable bonds is 3. The van der Waals surface area contributed by atoms with Gasteiger partial charge in [-0.3, -0.25) is 14.1 Å². The van der Waals surface area contributed by atoms with E-state index in [1.807, 2.05) is 0 Å². The molecule has 0 spiro atoms. The van der Waals surface area contributed by atoms with E-state index < -0.39 is 28.9 Å². The molecule has 1 aliphatic rings. The molecule has 0 aliphatic carbocycles. The van der Waals surface area contributed by atoms with Crippen molar-refractivity contribution in [2.75, 3.05) is 13.1 Å². The summed E-state index contributed by atoms with van der Waals surface area (Å²) in [6.07, 6.45) is -3.76. The molecule has 1 saturated heterocycles. The third-order valence-corrected chi connectivity index (χ3v) is 4.83. The molecule has 134 valence electrons. The van der Waals surface area contributed by atoms with E-state index in [0.29, 0.717) is 6.54 Å². The Bertz CT molecular complexity index is 856. The van der Waals surface area contributed by atoms with Gasteiger partial charge in [0.15, 0.2) is 10.8 Å². The van der Waals surface area contributed by atoms with Crippen molar-refractivity contribution in [3.63, 3.8) is 0 Å². The van der Waals surface area contributed by atoms with E-state index in [-0.39, 0.29) is 22.4 Å². The zero-order chi connectivity index (χ0) is 18.4. The van der Waals surface area contributed by atoms with Crippen molar-refractivity contribution in [1.29, 1.82) is 0 Å². The first-order chi connectivity index (χ1) is 11.7. The van der Waals surface area contributed by atoms with Gasteiger partial charge >= 0.3 is 12.2 Å². The molecule has 0 radical (unpaired) electrons. The number of pyridine rings is 1. The monoisotopic (exact) mass is 393 g/mol. The number of hydrogen-bond acceptors (Lipinski definition) is 5. The lowest BCUT2D eigenvalue weighted by Crippen LogP contribution is -2.39. The van der Waals surface area contributed by atoms with Crippen LogP contribution in [-0.4, -0.2) is 49.8 Å². The van der Waals surface area contributed by atoms with Crippen molar-refractivity contribution < 1.29 is 22.8 Å². The van der Waals surface area contributed by atoms with Crippen LogP contribution in [0, 0.1) is 0 Å². The van der Waals surface area contributed by atoms with Crippen LogP contribution >= 0.6 is 23.4 Å². The molecular formula is C13H11ClF3N5O2S. The summed E-state index contributed by atoms with van der Waals surface area (Å²) in [5.41, 5.74) is -0.903. The molecule has 3 heterocycles. The van der Waals surface area contributed by atoms with Crippen molar-refractivity contribution in [2.45, 2.75) is 23.5 Å². The molecule has 3 amide bonds. The van der Waals surface area contributed by atoms with Gasteiger partial charge in [0.05, 0.1) is 15.8 Å². The molecule has 0 saturated carbocycles. The van der Waals surface area contributed by atoms with Gasteiger partial charge in [-0.1, -0.05) is 23.4 Å². The van der Waals surface area contributed by atoms with Gasteiger partial charge in [0, 0.05) is 19.3 Å². The SMILES string of the molecule is C[C@@H](Sc1nnc2c(Cl)cc(C(F)(F)F)cn12)C(=O)N1CCNC1=O. The molecular weight excluding hydrogens is 383 g/mol. The summed E-state index contributed by atoms with van der Waals surface area (Å²) < 4.78 is 39.9. The number of aromatic nitrogens is 3. The smallest absolute Gasteiger partial charge is 0.336 e. The Hall–Kier alpha value is -2.01. The molecule has 0 unspecified atom stereocenters. The molecule has 0 bridgehead atoms. The molecule has 3 rings (SSSR count). The third kappa shape index (κ3) is 3.38. The number of amides is 3. The first-order valence-corrected chi connectivity index (χ1v) is 8.31. The molecule has 2 aromatic heterocycles. The first-order valence-electron chi connectivity index (χ1n) is 7.06. The summed E-state index contributed by atoms with van der Waals surface area (Å²) in [5, 5.41) is 9.19. The number of fused-ring (bicyclic) bond motifs is 1. The van der Waals surface area contributed by atoms with Crippen molar-refractivity contribution in [2.24, 2.45) is 0 Å². The number of thioether (sulfide) groups is 1. The minimum atomic E-state index is -4.58. The van der Waals surface area contributed by atoms with Crippen LogP contribution < -0.4 is 5.32 Å². The fraction of sp³-hybridized carbons (Fsp3) is 0.385. The Morgan fingerprint density at radius 2 is 2.16 bits per heavy atom. The van der Waals surface area contributed by atoms with E-state index >= 15 is 0 Å². The van der Waals surface area contributed by atoms with Gasteiger partial charge < -0.3 is 5.32 Å². The third-order valence-electron chi connectivity index (χ3n) is 3.51. The predicted molar refractivity (Wildman–Crippen MR) is 83.4 cm³/mol. The lowest BCUT2D eigenvalue weighted by atomic mass is 10.3. The summed E-state index contributed by atoms with van der Waals surface area (Å²) >= 11 is 6.74. The number of imide groups is 1. The minimum absolute atomic E-state index is 0.0516. The average molecular weight is 394 g/mol. The van der Waals surface area contributed by atoms with Gasteiger partial charge in [0.1, 0.15) is 0 Å². The molecule has 0 aromatic carbocycles. The first kappa shape index (κ1) is 17.8. The summed E-state index contributed by atoms with van der Waals surface area (Å²) in [4.78, 5) is 24.9. The highest BCUT2D eigenvalue weighted by Crippen LogP contribution is 2.34. The number of nitrogens with one attached hydrogen (secondary N) is 1. The largest absolute Gasteiger partial charge is 0.417 e. The van der Waals surface area contributed by atoms with Gasteiger partial charge in [-0.15, -0.1) is 10.2 Å². The van der Waals surface area contributed by atoms with E-state index in [4.69, 9.17) is 11.6 Å². The number of hydrogen-bond donors (Lipinski definition) is 1. The van der Waals surface area contributed by atoms with Crippen LogP contribution in [0.3, 0.4) is 0 Å². The van der Waals surface area contributed by atoms with E-state index in [1.54, 1.807) is 0 Å². The second-order valence-corrected chi connectivity index (χ2v) is 6.95. The molecule has 1 atom stereocenters. The topological polar surface area (TPSA) is 79.6 Å². The maximum atomic E-state index is 12.9. The average Bonchev–Trinajstić information content (AvgIpc) is 3.12. The minimum Gasteiger partial charge on any atom is -0.336 e. The number of nitrogens with zero attached hydrogens (tertiary/aromatic N) is 4. The summed E-state index contributed by atoms with van der Waals surface area (Å²) in [5.74, 6) is -0.463. The standard InChI is InChI=1S/C13H11ClF3N5O2S/c1-6(10(23)21-3-2-18-11(21)24)25-12-20-19-9-8(14)4-7(5-22(9)12)13(15,16)17/h4-6H,2-3H2,1H3,(H,18,24)/t6-/m1/s1. The van der Waals surface area contributed by atoms with Crippen LogP contribution in [0.4, 0.5) is 18.0 Å². The van der Waals surface area contributed by atoms with Crippen LogP contribution in [0.1, 0.15) is 12.5 Å². The van der Waals surface area contributed by atoms with Gasteiger partial charge in [0.2, 0.25) is 5.91 Å². The molecule has 1 fully saturated rings. The quantitative estimate of drug-likeness (QED) is 0.810. The van der Waals surface area contributed by atoms with Gasteiger partial charge in [-0.05, 0) is 13.0 Å². The van der Waals surface area contributed by atoms with Crippen LogP contribution in [-0.2, 0) is 11.0 Å². The molecule has 2 aromatic rings. The Balaban J connectivity index is 1.90. The van der Waals surface area contributed by atoms with E-state index in [9.17, 15) is 22.8 Å². The second-order valence-electron chi connectivity index (χ2n) is 5.23. The Morgan fingerprint density at radius 3 is 2.76 bits per heavy atom. The summed E-state index contributed by atoms with van der Waals surface area (Å²) in [6, 6.07) is 0.273. The predicted octanol–water partition coefficient (Wildman–Crippen LogP) is 2.43.